The molecule has 0 radical (unpaired) electrons. The van der Waals surface area contributed by atoms with Gasteiger partial charge in [-0.15, -0.1) is 5.10 Å². The summed E-state index contributed by atoms with van der Waals surface area (Å²) >= 11 is 0. The van der Waals surface area contributed by atoms with Gasteiger partial charge in [-0.3, -0.25) is 9.59 Å². The van der Waals surface area contributed by atoms with Crippen molar-refractivity contribution in [1.82, 2.24) is 20.3 Å². The summed E-state index contributed by atoms with van der Waals surface area (Å²) in [5.74, 6) is -1.85. The molecule has 3 rings (SSSR count). The van der Waals surface area contributed by atoms with Crippen LogP contribution >= 0.6 is 0 Å². The molecule has 1 aromatic heterocycles. The number of benzene rings is 1. The molecule has 2 N–H and O–H groups in total. The smallest absolute Gasteiger partial charge is 0.308 e. The van der Waals surface area contributed by atoms with E-state index in [9.17, 15) is 14.7 Å². The SMILES string of the molecule is CC1(NC(=O)c2cnn(-c3ccccc3)n2)CCCCC1C(=O)O. The molecule has 126 valence electrons. The van der Waals surface area contributed by atoms with E-state index in [1.54, 1.807) is 6.92 Å². The van der Waals surface area contributed by atoms with Gasteiger partial charge in [-0.2, -0.15) is 9.90 Å². The molecule has 1 amide bonds. The van der Waals surface area contributed by atoms with Crippen LogP contribution in [0.5, 0.6) is 0 Å². The standard InChI is InChI=1S/C17H20N4O3/c1-17(10-6-5-9-13(17)16(23)24)19-15(22)14-11-18-21(20-14)12-7-3-2-4-8-12/h2-4,7-8,11,13H,5-6,9-10H2,1H3,(H,19,22)(H,23,24). The lowest BCUT2D eigenvalue weighted by molar-refractivity contribution is -0.145. The Hall–Kier alpha value is -2.70. The topological polar surface area (TPSA) is 97.1 Å². The van der Waals surface area contributed by atoms with Gasteiger partial charge in [0.15, 0.2) is 5.69 Å². The zero-order valence-corrected chi connectivity index (χ0v) is 13.5. The summed E-state index contributed by atoms with van der Waals surface area (Å²) in [7, 11) is 0. The summed E-state index contributed by atoms with van der Waals surface area (Å²) < 4.78 is 0. The zero-order chi connectivity index (χ0) is 17.2. The number of nitrogens with zero attached hydrogens (tertiary/aromatic N) is 3. The molecule has 7 heteroatoms. The number of aromatic nitrogens is 3. The second kappa shape index (κ2) is 6.43. The van der Waals surface area contributed by atoms with Gasteiger partial charge in [-0.1, -0.05) is 31.0 Å². The van der Waals surface area contributed by atoms with Crippen molar-refractivity contribution in [1.29, 1.82) is 0 Å². The van der Waals surface area contributed by atoms with E-state index >= 15 is 0 Å². The van der Waals surface area contributed by atoms with Crippen molar-refractivity contribution >= 4 is 11.9 Å². The Bertz CT molecular complexity index is 743. The third-order valence-corrected chi connectivity index (χ3v) is 4.62. The van der Waals surface area contributed by atoms with Crippen molar-refractivity contribution in [3.63, 3.8) is 0 Å². The van der Waals surface area contributed by atoms with E-state index in [0.29, 0.717) is 12.8 Å². The third kappa shape index (κ3) is 3.15. The van der Waals surface area contributed by atoms with Gasteiger partial charge in [0.2, 0.25) is 0 Å². The molecule has 1 saturated carbocycles. The maximum atomic E-state index is 12.5. The summed E-state index contributed by atoms with van der Waals surface area (Å²) in [6, 6.07) is 9.28. The molecule has 1 heterocycles. The number of carboxylic acids is 1. The second-order valence-electron chi connectivity index (χ2n) is 6.36. The monoisotopic (exact) mass is 328 g/mol. The van der Waals surface area contributed by atoms with Crippen LogP contribution in [0, 0.1) is 5.92 Å². The second-order valence-corrected chi connectivity index (χ2v) is 6.36. The molecule has 2 unspecified atom stereocenters. The number of para-hydroxylation sites is 1. The van der Waals surface area contributed by atoms with Crippen molar-refractivity contribution < 1.29 is 14.7 Å². The summed E-state index contributed by atoms with van der Waals surface area (Å²) in [5.41, 5.74) is 0.163. The highest BCUT2D eigenvalue weighted by molar-refractivity contribution is 5.93. The lowest BCUT2D eigenvalue weighted by atomic mass is 9.74. The van der Waals surface area contributed by atoms with Gasteiger partial charge in [-0.05, 0) is 31.9 Å². The Labute approximate surface area is 139 Å². The van der Waals surface area contributed by atoms with Crippen LogP contribution in [0.15, 0.2) is 36.5 Å². The molecule has 0 spiro atoms. The quantitative estimate of drug-likeness (QED) is 0.895. The molecule has 0 bridgehead atoms. The lowest BCUT2D eigenvalue weighted by Gasteiger charge is -2.39. The van der Waals surface area contributed by atoms with E-state index in [2.05, 4.69) is 15.5 Å². The van der Waals surface area contributed by atoms with Gasteiger partial charge in [0.05, 0.1) is 23.3 Å². The van der Waals surface area contributed by atoms with Gasteiger partial charge in [-0.25, -0.2) is 0 Å². The predicted molar refractivity (Wildman–Crippen MR) is 86.8 cm³/mol. The van der Waals surface area contributed by atoms with Crippen LogP contribution in [0.2, 0.25) is 0 Å². The average molecular weight is 328 g/mol. The maximum Gasteiger partial charge on any atom is 0.308 e. The lowest BCUT2D eigenvalue weighted by Crippen LogP contribution is -2.55. The van der Waals surface area contributed by atoms with Crippen molar-refractivity contribution in [2.24, 2.45) is 5.92 Å². The van der Waals surface area contributed by atoms with Crippen LogP contribution < -0.4 is 5.32 Å². The van der Waals surface area contributed by atoms with Gasteiger partial charge in [0.25, 0.3) is 5.91 Å². The van der Waals surface area contributed by atoms with E-state index in [1.165, 1.54) is 11.0 Å². The van der Waals surface area contributed by atoms with Crippen LogP contribution in [0.3, 0.4) is 0 Å². The Morgan fingerprint density at radius 2 is 2.04 bits per heavy atom. The minimum absolute atomic E-state index is 0.176. The van der Waals surface area contributed by atoms with Crippen molar-refractivity contribution in [3.8, 4) is 5.69 Å². The molecule has 2 atom stereocenters. The summed E-state index contributed by atoms with van der Waals surface area (Å²) in [6.45, 7) is 1.80. The van der Waals surface area contributed by atoms with Crippen LogP contribution in [0.4, 0.5) is 0 Å². The zero-order valence-electron chi connectivity index (χ0n) is 13.5. The minimum atomic E-state index is -0.870. The van der Waals surface area contributed by atoms with E-state index in [1.807, 2.05) is 30.3 Å². The highest BCUT2D eigenvalue weighted by Gasteiger charge is 2.42. The molecular weight excluding hydrogens is 308 g/mol. The molecule has 2 aromatic rings. The minimum Gasteiger partial charge on any atom is -0.481 e. The summed E-state index contributed by atoms with van der Waals surface area (Å²) in [5, 5.41) is 20.6. The number of aliphatic carboxylic acids is 1. The van der Waals surface area contributed by atoms with Crippen LogP contribution in [-0.2, 0) is 4.79 Å². The fourth-order valence-electron chi connectivity index (χ4n) is 3.26. The van der Waals surface area contributed by atoms with Crippen LogP contribution in [-0.4, -0.2) is 37.5 Å². The number of hydrogen-bond donors (Lipinski definition) is 2. The molecule has 7 nitrogen and oxygen atoms in total. The number of nitrogens with one attached hydrogen (secondary N) is 1. The molecule has 1 aliphatic rings. The number of rotatable bonds is 4. The highest BCUT2D eigenvalue weighted by Crippen LogP contribution is 2.34. The molecule has 0 aliphatic heterocycles. The Morgan fingerprint density at radius 1 is 1.29 bits per heavy atom. The third-order valence-electron chi connectivity index (χ3n) is 4.62. The molecular formula is C17H20N4O3. The summed E-state index contributed by atoms with van der Waals surface area (Å²) in [6.07, 6.45) is 4.37. The summed E-state index contributed by atoms with van der Waals surface area (Å²) in [4.78, 5) is 25.4. The molecule has 1 aliphatic carbocycles. The first-order valence-electron chi connectivity index (χ1n) is 8.03. The van der Waals surface area contributed by atoms with Crippen LogP contribution in [0.25, 0.3) is 5.69 Å². The maximum absolute atomic E-state index is 12.5. The highest BCUT2D eigenvalue weighted by atomic mass is 16.4. The molecule has 1 aromatic carbocycles. The molecule has 1 fully saturated rings. The number of carbonyl (C=O) groups is 2. The van der Waals surface area contributed by atoms with E-state index in [4.69, 9.17) is 0 Å². The number of carboxylic acid groups (broad SMARTS) is 1. The van der Waals surface area contributed by atoms with Gasteiger partial charge < -0.3 is 10.4 Å². The normalized spacial score (nSPS) is 23.6. The van der Waals surface area contributed by atoms with E-state index in [0.717, 1.165) is 18.5 Å². The molecule has 0 saturated heterocycles. The first-order chi connectivity index (χ1) is 11.5. The number of amides is 1. The predicted octanol–water partition coefficient (Wildman–Crippen LogP) is 2.03. The number of hydrogen-bond acceptors (Lipinski definition) is 4. The van der Waals surface area contributed by atoms with Crippen LogP contribution in [0.1, 0.15) is 43.1 Å². The van der Waals surface area contributed by atoms with E-state index in [-0.39, 0.29) is 5.69 Å². The molecule has 24 heavy (non-hydrogen) atoms. The fraction of sp³-hybridized carbons (Fsp3) is 0.412. The van der Waals surface area contributed by atoms with Gasteiger partial charge in [0.1, 0.15) is 0 Å². The van der Waals surface area contributed by atoms with Crippen molar-refractivity contribution in [2.75, 3.05) is 0 Å². The largest absolute Gasteiger partial charge is 0.481 e. The van der Waals surface area contributed by atoms with Gasteiger partial charge >= 0.3 is 5.97 Å². The van der Waals surface area contributed by atoms with Crippen molar-refractivity contribution in [2.45, 2.75) is 38.1 Å². The first-order valence-corrected chi connectivity index (χ1v) is 8.03. The van der Waals surface area contributed by atoms with Gasteiger partial charge in [0, 0.05) is 0 Å². The Morgan fingerprint density at radius 3 is 2.75 bits per heavy atom. The Kier molecular flexibility index (Phi) is 4.33. The Balaban J connectivity index is 1.77. The fourth-order valence-corrected chi connectivity index (χ4v) is 3.26. The van der Waals surface area contributed by atoms with Crippen molar-refractivity contribution in [3.05, 3.63) is 42.2 Å². The van der Waals surface area contributed by atoms with E-state index < -0.39 is 23.3 Å². The average Bonchev–Trinajstić information content (AvgIpc) is 3.05. The first kappa shape index (κ1) is 16.2. The number of carbonyl (C=O) groups excluding carboxylic acids is 1.